The molecule has 0 aromatic rings. The molecule has 64 valence electrons. The first-order valence-corrected chi connectivity index (χ1v) is 4.77. The van der Waals surface area contributed by atoms with Crippen LogP contribution in [-0.2, 0) is 0 Å². The van der Waals surface area contributed by atoms with Gasteiger partial charge in [0.05, 0.1) is 0 Å². The van der Waals surface area contributed by atoms with E-state index in [1.54, 1.807) is 0 Å². The number of nitrogens with two attached hydrogens (primary N) is 1. The van der Waals surface area contributed by atoms with Crippen LogP contribution in [0.15, 0.2) is 0 Å². The molecule has 4 atom stereocenters. The number of hydrazine groups is 1. The topological polar surface area (TPSA) is 38.0 Å². The van der Waals surface area contributed by atoms with Crippen molar-refractivity contribution in [3.05, 3.63) is 0 Å². The highest BCUT2D eigenvalue weighted by atomic mass is 15.2. The Kier molecular flexibility index (Phi) is 1.90. The largest absolute Gasteiger partial charge is 0.271 e. The summed E-state index contributed by atoms with van der Waals surface area (Å²) in [4.78, 5) is 0. The van der Waals surface area contributed by atoms with Gasteiger partial charge in [0.25, 0.3) is 0 Å². The standard InChI is InChI=1S/C9H18N2/c1-6(11-10)9-5-7-2-3-8(9)4-7/h6-9,11H,2-5,10H2,1H3. The fourth-order valence-electron chi connectivity index (χ4n) is 3.03. The highest BCUT2D eigenvalue weighted by Crippen LogP contribution is 2.49. The molecular formula is C9H18N2. The molecule has 2 bridgehead atoms. The van der Waals surface area contributed by atoms with Gasteiger partial charge in [-0.2, -0.15) is 0 Å². The van der Waals surface area contributed by atoms with Gasteiger partial charge < -0.3 is 0 Å². The second kappa shape index (κ2) is 2.76. The van der Waals surface area contributed by atoms with Crippen molar-refractivity contribution in [1.29, 1.82) is 0 Å². The van der Waals surface area contributed by atoms with E-state index < -0.39 is 0 Å². The van der Waals surface area contributed by atoms with E-state index in [4.69, 9.17) is 5.84 Å². The van der Waals surface area contributed by atoms with Crippen LogP contribution in [0.4, 0.5) is 0 Å². The molecule has 0 amide bonds. The van der Waals surface area contributed by atoms with Crippen LogP contribution in [0.5, 0.6) is 0 Å². The van der Waals surface area contributed by atoms with E-state index in [1.807, 2.05) is 0 Å². The molecule has 2 rings (SSSR count). The molecule has 2 aliphatic rings. The van der Waals surface area contributed by atoms with Crippen LogP contribution in [-0.4, -0.2) is 6.04 Å². The van der Waals surface area contributed by atoms with Crippen molar-refractivity contribution in [1.82, 2.24) is 5.43 Å². The Labute approximate surface area is 68.5 Å². The lowest BCUT2D eigenvalue weighted by Crippen LogP contribution is -2.40. The molecular weight excluding hydrogens is 136 g/mol. The third-order valence-electron chi connectivity index (χ3n) is 3.70. The van der Waals surface area contributed by atoms with Crippen LogP contribution in [0.1, 0.15) is 32.6 Å². The molecule has 2 fully saturated rings. The SMILES string of the molecule is CC(NN)C1CC2CCC1C2. The van der Waals surface area contributed by atoms with E-state index >= 15 is 0 Å². The predicted molar refractivity (Wildman–Crippen MR) is 45.7 cm³/mol. The third kappa shape index (κ3) is 1.18. The van der Waals surface area contributed by atoms with Crippen LogP contribution in [0.25, 0.3) is 0 Å². The number of nitrogens with one attached hydrogen (secondary N) is 1. The number of rotatable bonds is 2. The van der Waals surface area contributed by atoms with Gasteiger partial charge in [-0.25, -0.2) is 0 Å². The van der Waals surface area contributed by atoms with Crippen molar-refractivity contribution in [3.63, 3.8) is 0 Å². The molecule has 2 saturated carbocycles. The summed E-state index contributed by atoms with van der Waals surface area (Å²) in [6, 6.07) is 0.533. The molecule has 0 aliphatic heterocycles. The molecule has 0 aromatic carbocycles. The monoisotopic (exact) mass is 154 g/mol. The van der Waals surface area contributed by atoms with E-state index in [0.717, 1.165) is 17.8 Å². The average molecular weight is 154 g/mol. The molecule has 3 N–H and O–H groups in total. The first kappa shape index (κ1) is 7.56. The molecule has 2 heteroatoms. The van der Waals surface area contributed by atoms with Crippen LogP contribution < -0.4 is 11.3 Å². The van der Waals surface area contributed by atoms with E-state index in [2.05, 4.69) is 12.3 Å². The molecule has 0 saturated heterocycles. The van der Waals surface area contributed by atoms with Crippen molar-refractivity contribution < 1.29 is 0 Å². The molecule has 0 spiro atoms. The maximum absolute atomic E-state index is 5.43. The summed E-state index contributed by atoms with van der Waals surface area (Å²) in [5.41, 5.74) is 2.89. The fraction of sp³-hybridized carbons (Fsp3) is 1.00. The highest BCUT2D eigenvalue weighted by molar-refractivity contribution is 4.93. The van der Waals surface area contributed by atoms with Gasteiger partial charge in [-0.3, -0.25) is 11.3 Å². The Morgan fingerprint density at radius 1 is 1.36 bits per heavy atom. The van der Waals surface area contributed by atoms with Gasteiger partial charge in [0.15, 0.2) is 0 Å². The zero-order valence-corrected chi connectivity index (χ0v) is 7.22. The first-order valence-electron chi connectivity index (χ1n) is 4.77. The summed E-state index contributed by atoms with van der Waals surface area (Å²) in [7, 11) is 0. The molecule has 0 heterocycles. The van der Waals surface area contributed by atoms with E-state index in [-0.39, 0.29) is 0 Å². The van der Waals surface area contributed by atoms with Crippen molar-refractivity contribution in [2.24, 2.45) is 23.6 Å². The van der Waals surface area contributed by atoms with Gasteiger partial charge >= 0.3 is 0 Å². The second-order valence-electron chi connectivity index (χ2n) is 4.29. The smallest absolute Gasteiger partial charge is 0.0213 e. The van der Waals surface area contributed by atoms with Gasteiger partial charge in [0.2, 0.25) is 0 Å². The lowest BCUT2D eigenvalue weighted by Gasteiger charge is -2.26. The molecule has 2 nitrogen and oxygen atoms in total. The Hall–Kier alpha value is -0.0800. The minimum atomic E-state index is 0.533. The Morgan fingerprint density at radius 2 is 2.18 bits per heavy atom. The van der Waals surface area contributed by atoms with Crippen molar-refractivity contribution in [3.8, 4) is 0 Å². The quantitative estimate of drug-likeness (QED) is 0.464. The fourth-order valence-corrected chi connectivity index (χ4v) is 3.03. The Morgan fingerprint density at radius 3 is 2.64 bits per heavy atom. The minimum Gasteiger partial charge on any atom is -0.271 e. The van der Waals surface area contributed by atoms with E-state index in [1.165, 1.54) is 25.7 Å². The summed E-state index contributed by atoms with van der Waals surface area (Å²) in [5, 5.41) is 0. The molecule has 0 aromatic heterocycles. The van der Waals surface area contributed by atoms with E-state index in [0.29, 0.717) is 6.04 Å². The van der Waals surface area contributed by atoms with Crippen LogP contribution in [0.2, 0.25) is 0 Å². The van der Waals surface area contributed by atoms with Crippen LogP contribution in [0, 0.1) is 17.8 Å². The van der Waals surface area contributed by atoms with Gasteiger partial charge in [-0.05, 0) is 43.9 Å². The van der Waals surface area contributed by atoms with Crippen molar-refractivity contribution in [2.45, 2.75) is 38.6 Å². The Bertz CT molecular complexity index is 146. The lowest BCUT2D eigenvalue weighted by molar-refractivity contribution is 0.262. The van der Waals surface area contributed by atoms with Gasteiger partial charge in [-0.15, -0.1) is 0 Å². The number of hydrogen-bond donors (Lipinski definition) is 2. The van der Waals surface area contributed by atoms with E-state index in [9.17, 15) is 0 Å². The average Bonchev–Trinajstić information content (AvgIpc) is 2.62. The first-order chi connectivity index (χ1) is 5.31. The second-order valence-corrected chi connectivity index (χ2v) is 4.29. The summed E-state index contributed by atoms with van der Waals surface area (Å²) in [6.45, 7) is 2.21. The summed E-state index contributed by atoms with van der Waals surface area (Å²) in [6.07, 6.45) is 5.85. The van der Waals surface area contributed by atoms with Gasteiger partial charge in [-0.1, -0.05) is 6.42 Å². The molecule has 2 aliphatic carbocycles. The van der Waals surface area contributed by atoms with Crippen LogP contribution >= 0.6 is 0 Å². The third-order valence-corrected chi connectivity index (χ3v) is 3.70. The molecule has 11 heavy (non-hydrogen) atoms. The van der Waals surface area contributed by atoms with Crippen molar-refractivity contribution >= 4 is 0 Å². The molecule has 4 unspecified atom stereocenters. The molecule has 0 radical (unpaired) electrons. The predicted octanol–water partition coefficient (Wildman–Crippen LogP) is 1.27. The van der Waals surface area contributed by atoms with Crippen molar-refractivity contribution in [2.75, 3.05) is 0 Å². The van der Waals surface area contributed by atoms with Gasteiger partial charge in [0, 0.05) is 6.04 Å². The maximum Gasteiger partial charge on any atom is 0.0213 e. The summed E-state index contributed by atoms with van der Waals surface area (Å²) in [5.74, 6) is 8.34. The normalized spacial score (nSPS) is 44.7. The lowest BCUT2D eigenvalue weighted by atomic mass is 9.84. The highest BCUT2D eigenvalue weighted by Gasteiger charge is 2.41. The Balaban J connectivity index is 1.96. The summed E-state index contributed by atoms with van der Waals surface area (Å²) < 4.78 is 0. The summed E-state index contributed by atoms with van der Waals surface area (Å²) >= 11 is 0. The zero-order valence-electron chi connectivity index (χ0n) is 7.22. The minimum absolute atomic E-state index is 0.533. The van der Waals surface area contributed by atoms with Crippen LogP contribution in [0.3, 0.4) is 0 Å². The number of hydrogen-bond acceptors (Lipinski definition) is 2. The number of fused-ring (bicyclic) bond motifs is 2. The zero-order chi connectivity index (χ0) is 7.84. The maximum atomic E-state index is 5.43. The van der Waals surface area contributed by atoms with Gasteiger partial charge in [0.1, 0.15) is 0 Å².